The van der Waals surface area contributed by atoms with E-state index in [1.165, 1.54) is 12.1 Å². The fourth-order valence-electron chi connectivity index (χ4n) is 2.42. The molecule has 98 valence electrons. The van der Waals surface area contributed by atoms with Crippen molar-refractivity contribution in [1.82, 2.24) is 4.98 Å². The van der Waals surface area contributed by atoms with Gasteiger partial charge in [-0.1, -0.05) is 11.6 Å². The molecule has 2 heterocycles. The molecule has 1 aliphatic rings. The zero-order valence-corrected chi connectivity index (χ0v) is 11.2. The molecular weight excluding hydrogens is 267 g/mol. The lowest BCUT2D eigenvalue weighted by atomic mass is 10.1. The predicted octanol–water partition coefficient (Wildman–Crippen LogP) is 3.46. The van der Waals surface area contributed by atoms with Crippen LogP contribution in [0.5, 0.6) is 0 Å². The maximum atomic E-state index is 13.3. The molecule has 0 aliphatic carbocycles. The Hall–Kier alpha value is -1.68. The van der Waals surface area contributed by atoms with Gasteiger partial charge in [0.15, 0.2) is 0 Å². The molecule has 3 nitrogen and oxygen atoms in total. The van der Waals surface area contributed by atoms with E-state index < -0.39 is 0 Å². The van der Waals surface area contributed by atoms with Crippen molar-refractivity contribution < 1.29 is 9.18 Å². The molecule has 0 spiro atoms. The summed E-state index contributed by atoms with van der Waals surface area (Å²) in [6.07, 6.45) is 1.35. The van der Waals surface area contributed by atoms with Gasteiger partial charge in [0.25, 0.3) is 0 Å². The van der Waals surface area contributed by atoms with Gasteiger partial charge in [-0.3, -0.25) is 9.69 Å². The molecule has 1 saturated heterocycles. The van der Waals surface area contributed by atoms with Crippen LogP contribution in [0.2, 0.25) is 5.02 Å². The Labute approximate surface area is 115 Å². The van der Waals surface area contributed by atoms with Gasteiger partial charge in [0, 0.05) is 30.0 Å². The number of aromatic nitrogens is 1. The molecule has 5 heteroatoms. The van der Waals surface area contributed by atoms with Crippen LogP contribution in [0.15, 0.2) is 18.2 Å². The van der Waals surface area contributed by atoms with Crippen molar-refractivity contribution in [3.8, 4) is 0 Å². The van der Waals surface area contributed by atoms with E-state index in [0.717, 1.165) is 12.0 Å². The van der Waals surface area contributed by atoms with Crippen molar-refractivity contribution in [2.24, 2.45) is 0 Å². The standard InChI is InChI=1S/C14H12ClFN2O/c1-8-13(15)10-5-4-9(16)7-11(10)17-14(8)18-6-2-3-12(18)19/h4-5,7H,2-3,6H2,1H3. The third-order valence-electron chi connectivity index (χ3n) is 3.42. The molecule has 0 saturated carbocycles. The lowest BCUT2D eigenvalue weighted by molar-refractivity contribution is -0.117. The minimum absolute atomic E-state index is 0.0439. The number of carbonyl (C=O) groups is 1. The van der Waals surface area contributed by atoms with Crippen molar-refractivity contribution in [3.05, 3.63) is 34.6 Å². The molecule has 1 aliphatic heterocycles. The summed E-state index contributed by atoms with van der Waals surface area (Å²) >= 11 is 6.31. The number of pyridine rings is 1. The van der Waals surface area contributed by atoms with Gasteiger partial charge in [0.05, 0.1) is 10.5 Å². The van der Waals surface area contributed by atoms with Crippen molar-refractivity contribution >= 4 is 34.2 Å². The summed E-state index contributed by atoms with van der Waals surface area (Å²) in [5.74, 6) is 0.228. The van der Waals surface area contributed by atoms with E-state index in [1.807, 2.05) is 6.92 Å². The van der Waals surface area contributed by atoms with Crippen LogP contribution < -0.4 is 4.90 Å². The number of fused-ring (bicyclic) bond motifs is 1. The van der Waals surface area contributed by atoms with Crippen LogP contribution >= 0.6 is 11.6 Å². The quantitative estimate of drug-likeness (QED) is 0.800. The highest BCUT2D eigenvalue weighted by Crippen LogP contribution is 2.33. The Kier molecular flexibility index (Phi) is 2.90. The summed E-state index contributed by atoms with van der Waals surface area (Å²) in [5.41, 5.74) is 1.24. The van der Waals surface area contributed by atoms with Gasteiger partial charge in [-0.15, -0.1) is 0 Å². The smallest absolute Gasteiger partial charge is 0.228 e. The number of amides is 1. The van der Waals surface area contributed by atoms with Crippen molar-refractivity contribution in [2.75, 3.05) is 11.4 Å². The zero-order valence-electron chi connectivity index (χ0n) is 10.4. The molecule has 0 atom stereocenters. The second-order valence-corrected chi connectivity index (χ2v) is 5.06. The number of nitrogens with zero attached hydrogens (tertiary/aromatic N) is 2. The summed E-state index contributed by atoms with van der Waals surface area (Å²) in [5, 5.41) is 1.23. The van der Waals surface area contributed by atoms with Crippen LogP contribution in [-0.4, -0.2) is 17.4 Å². The van der Waals surface area contributed by atoms with E-state index in [-0.39, 0.29) is 11.7 Å². The van der Waals surface area contributed by atoms with Crippen LogP contribution in [0.3, 0.4) is 0 Å². The van der Waals surface area contributed by atoms with Crippen LogP contribution in [-0.2, 0) is 4.79 Å². The van der Waals surface area contributed by atoms with E-state index in [0.29, 0.717) is 34.7 Å². The van der Waals surface area contributed by atoms with Crippen molar-refractivity contribution in [2.45, 2.75) is 19.8 Å². The first kappa shape index (κ1) is 12.4. The van der Waals surface area contributed by atoms with Crippen LogP contribution in [0, 0.1) is 12.7 Å². The number of rotatable bonds is 1. The van der Waals surface area contributed by atoms with E-state index in [9.17, 15) is 9.18 Å². The van der Waals surface area contributed by atoms with Crippen LogP contribution in [0.25, 0.3) is 10.9 Å². The van der Waals surface area contributed by atoms with Crippen LogP contribution in [0.4, 0.5) is 10.2 Å². The van der Waals surface area contributed by atoms with Gasteiger partial charge in [-0.2, -0.15) is 0 Å². The highest BCUT2D eigenvalue weighted by Gasteiger charge is 2.25. The monoisotopic (exact) mass is 278 g/mol. The Balaban J connectivity index is 2.25. The number of hydrogen-bond acceptors (Lipinski definition) is 2. The van der Waals surface area contributed by atoms with Gasteiger partial charge in [0.1, 0.15) is 11.6 Å². The summed E-state index contributed by atoms with van der Waals surface area (Å²) in [6.45, 7) is 2.48. The molecule has 0 N–H and O–H groups in total. The molecule has 3 rings (SSSR count). The lowest BCUT2D eigenvalue weighted by Crippen LogP contribution is -2.25. The van der Waals surface area contributed by atoms with Gasteiger partial charge in [-0.25, -0.2) is 9.37 Å². The number of hydrogen-bond donors (Lipinski definition) is 0. The molecule has 0 unspecified atom stereocenters. The molecule has 1 aromatic carbocycles. The second-order valence-electron chi connectivity index (χ2n) is 4.68. The lowest BCUT2D eigenvalue weighted by Gasteiger charge is -2.19. The van der Waals surface area contributed by atoms with Crippen LogP contribution in [0.1, 0.15) is 18.4 Å². The number of anilines is 1. The predicted molar refractivity (Wildman–Crippen MR) is 73.0 cm³/mol. The summed E-state index contributed by atoms with van der Waals surface area (Å²) in [7, 11) is 0. The van der Waals surface area contributed by atoms with Crippen molar-refractivity contribution in [1.29, 1.82) is 0 Å². The van der Waals surface area contributed by atoms with Gasteiger partial charge < -0.3 is 0 Å². The van der Waals surface area contributed by atoms with Gasteiger partial charge in [0.2, 0.25) is 5.91 Å². The second kappa shape index (κ2) is 4.46. The topological polar surface area (TPSA) is 33.2 Å². The number of benzene rings is 1. The molecule has 2 aromatic rings. The fourth-order valence-corrected chi connectivity index (χ4v) is 2.66. The highest BCUT2D eigenvalue weighted by molar-refractivity contribution is 6.36. The van der Waals surface area contributed by atoms with Crippen molar-refractivity contribution in [3.63, 3.8) is 0 Å². The molecule has 1 fully saturated rings. The molecular formula is C14H12ClFN2O. The average Bonchev–Trinajstić information content (AvgIpc) is 2.80. The highest BCUT2D eigenvalue weighted by atomic mass is 35.5. The zero-order chi connectivity index (χ0) is 13.6. The van der Waals surface area contributed by atoms with Gasteiger partial charge in [-0.05, 0) is 25.5 Å². The summed E-state index contributed by atoms with van der Waals surface area (Å²) in [6, 6.07) is 4.31. The average molecular weight is 279 g/mol. The molecule has 0 radical (unpaired) electrons. The summed E-state index contributed by atoms with van der Waals surface area (Å²) in [4.78, 5) is 17.9. The Morgan fingerprint density at radius 1 is 1.42 bits per heavy atom. The summed E-state index contributed by atoms with van der Waals surface area (Å²) < 4.78 is 13.3. The van der Waals surface area contributed by atoms with E-state index >= 15 is 0 Å². The van der Waals surface area contributed by atoms with E-state index in [4.69, 9.17) is 11.6 Å². The number of carbonyl (C=O) groups excluding carboxylic acids is 1. The third kappa shape index (κ3) is 1.96. The van der Waals surface area contributed by atoms with E-state index in [1.54, 1.807) is 11.0 Å². The third-order valence-corrected chi connectivity index (χ3v) is 3.90. The Morgan fingerprint density at radius 2 is 2.21 bits per heavy atom. The minimum Gasteiger partial charge on any atom is -0.297 e. The van der Waals surface area contributed by atoms with Gasteiger partial charge >= 0.3 is 0 Å². The number of halogens is 2. The Morgan fingerprint density at radius 3 is 2.89 bits per heavy atom. The maximum absolute atomic E-state index is 13.3. The first-order chi connectivity index (χ1) is 9.08. The SMILES string of the molecule is Cc1c(N2CCCC2=O)nc2cc(F)ccc2c1Cl. The molecule has 1 aromatic heterocycles. The minimum atomic E-state index is -0.362. The first-order valence-corrected chi connectivity index (χ1v) is 6.51. The van der Waals surface area contributed by atoms with E-state index in [2.05, 4.69) is 4.98 Å². The largest absolute Gasteiger partial charge is 0.297 e. The fraction of sp³-hybridized carbons (Fsp3) is 0.286. The first-order valence-electron chi connectivity index (χ1n) is 6.13. The molecule has 1 amide bonds. The molecule has 19 heavy (non-hydrogen) atoms. The Bertz CT molecular complexity index is 687. The maximum Gasteiger partial charge on any atom is 0.228 e. The molecule has 0 bridgehead atoms. The normalized spacial score (nSPS) is 15.5.